The number of hydrogen-bond acceptors (Lipinski definition) is 5. The van der Waals surface area contributed by atoms with Gasteiger partial charge >= 0.3 is 5.97 Å². The van der Waals surface area contributed by atoms with E-state index < -0.39 is 45.6 Å². The van der Waals surface area contributed by atoms with Gasteiger partial charge in [0, 0.05) is 16.6 Å². The van der Waals surface area contributed by atoms with Crippen LogP contribution >= 0.6 is 15.9 Å². The summed E-state index contributed by atoms with van der Waals surface area (Å²) < 4.78 is 18.3. The second kappa shape index (κ2) is 8.39. The largest absolute Gasteiger partial charge is 0.455 e. The number of nitrogens with zero attached hydrogens (tertiary/aromatic N) is 1. The molecule has 9 heteroatoms. The number of carbonyl (C=O) groups is 3. The van der Waals surface area contributed by atoms with Crippen molar-refractivity contribution in [1.29, 1.82) is 0 Å². The second-order valence-electron chi connectivity index (χ2n) is 7.83. The Morgan fingerprint density at radius 3 is 2.52 bits per heavy atom. The number of carbonyl (C=O) groups excluding carboxylic acids is 3. The number of fused-ring (bicyclic) bond motifs is 1. The molecular formula is C20H23BrN2O5S. The first kappa shape index (κ1) is 21.7. The highest BCUT2D eigenvalue weighted by molar-refractivity contribution is 9.09. The van der Waals surface area contributed by atoms with Gasteiger partial charge in [-0.2, -0.15) is 0 Å². The first-order valence-corrected chi connectivity index (χ1v) is 11.7. The van der Waals surface area contributed by atoms with Crippen molar-refractivity contribution in [2.24, 2.45) is 0 Å². The van der Waals surface area contributed by atoms with E-state index >= 15 is 0 Å². The van der Waals surface area contributed by atoms with E-state index in [1.807, 2.05) is 0 Å². The number of esters is 1. The van der Waals surface area contributed by atoms with Crippen molar-refractivity contribution in [1.82, 2.24) is 10.2 Å². The SMILES string of the molecule is CC(C)(C)OC(=O)C1=C(CCBr)CS(=O)[C@H]2C(NC(=O)c3ccccc3)C(=O)N12. The Kier molecular flexibility index (Phi) is 6.28. The Hall–Kier alpha value is -2.00. The molecule has 2 aliphatic rings. The van der Waals surface area contributed by atoms with Crippen LogP contribution in [0.15, 0.2) is 41.6 Å². The predicted octanol–water partition coefficient (Wildman–Crippen LogP) is 2.10. The van der Waals surface area contributed by atoms with Crippen LogP contribution in [-0.4, -0.2) is 55.0 Å². The highest BCUT2D eigenvalue weighted by atomic mass is 79.9. The minimum absolute atomic E-state index is 0.152. The van der Waals surface area contributed by atoms with Crippen molar-refractivity contribution in [2.75, 3.05) is 11.1 Å². The van der Waals surface area contributed by atoms with E-state index in [9.17, 15) is 18.6 Å². The van der Waals surface area contributed by atoms with Gasteiger partial charge in [0.1, 0.15) is 22.7 Å². The van der Waals surface area contributed by atoms with Crippen molar-refractivity contribution in [3.8, 4) is 0 Å². The molecule has 0 radical (unpaired) electrons. The van der Waals surface area contributed by atoms with Crippen molar-refractivity contribution >= 4 is 44.5 Å². The molecule has 0 aliphatic carbocycles. The molecule has 1 aromatic rings. The number of β-lactam (4-membered cyclic amide) rings is 1. The highest BCUT2D eigenvalue weighted by Gasteiger charge is 2.57. The van der Waals surface area contributed by atoms with E-state index in [2.05, 4.69) is 21.2 Å². The van der Waals surface area contributed by atoms with Gasteiger partial charge in [-0.3, -0.25) is 18.7 Å². The molecule has 0 bridgehead atoms. The monoisotopic (exact) mass is 482 g/mol. The molecule has 2 heterocycles. The molecule has 29 heavy (non-hydrogen) atoms. The summed E-state index contributed by atoms with van der Waals surface area (Å²) in [5.41, 5.74) is 0.444. The third kappa shape index (κ3) is 4.45. The van der Waals surface area contributed by atoms with Crippen LogP contribution in [0.5, 0.6) is 0 Å². The fraction of sp³-hybridized carbons (Fsp3) is 0.450. The van der Waals surface area contributed by atoms with Crippen molar-refractivity contribution in [3.05, 3.63) is 47.2 Å². The van der Waals surface area contributed by atoms with Gasteiger partial charge in [0.15, 0.2) is 0 Å². The van der Waals surface area contributed by atoms with Crippen LogP contribution < -0.4 is 5.32 Å². The van der Waals surface area contributed by atoms with Gasteiger partial charge in [-0.25, -0.2) is 4.79 Å². The molecule has 156 valence electrons. The molecular weight excluding hydrogens is 460 g/mol. The second-order valence-corrected chi connectivity index (χ2v) is 10.2. The topological polar surface area (TPSA) is 92.8 Å². The molecule has 0 saturated carbocycles. The van der Waals surface area contributed by atoms with Gasteiger partial charge in [0.05, 0.1) is 10.8 Å². The van der Waals surface area contributed by atoms with Crippen LogP contribution in [0.1, 0.15) is 37.6 Å². The van der Waals surface area contributed by atoms with Gasteiger partial charge in [0.2, 0.25) is 0 Å². The van der Waals surface area contributed by atoms with Crippen LogP contribution in [0.2, 0.25) is 0 Å². The Bertz CT molecular complexity index is 894. The van der Waals surface area contributed by atoms with Crippen molar-refractivity contribution in [2.45, 2.75) is 44.2 Å². The number of benzene rings is 1. The van der Waals surface area contributed by atoms with E-state index in [1.165, 1.54) is 4.90 Å². The van der Waals surface area contributed by atoms with Crippen LogP contribution in [-0.2, 0) is 25.1 Å². The lowest BCUT2D eigenvalue weighted by atomic mass is 10.0. The number of nitrogens with one attached hydrogen (secondary N) is 1. The number of amides is 2. The number of hydrogen-bond donors (Lipinski definition) is 1. The van der Waals surface area contributed by atoms with Crippen LogP contribution in [0, 0.1) is 0 Å². The van der Waals surface area contributed by atoms with Gasteiger partial charge < -0.3 is 10.1 Å². The lowest BCUT2D eigenvalue weighted by Gasteiger charge is -2.49. The maximum absolute atomic E-state index is 12.9. The lowest BCUT2D eigenvalue weighted by Crippen LogP contribution is -2.73. The molecule has 0 spiro atoms. The molecule has 1 saturated heterocycles. The molecule has 1 N–H and O–H groups in total. The Balaban J connectivity index is 1.87. The van der Waals surface area contributed by atoms with Gasteiger partial charge in [-0.1, -0.05) is 34.1 Å². The third-order valence-electron chi connectivity index (χ3n) is 4.52. The molecule has 3 rings (SSSR count). The van der Waals surface area contributed by atoms with Gasteiger partial charge in [-0.05, 0) is 44.9 Å². The summed E-state index contributed by atoms with van der Waals surface area (Å²) in [6.07, 6.45) is 0.470. The summed E-state index contributed by atoms with van der Waals surface area (Å²) in [6, 6.07) is 7.55. The summed E-state index contributed by atoms with van der Waals surface area (Å²) in [5, 5.41) is 2.44. The molecule has 2 unspecified atom stereocenters. The predicted molar refractivity (Wildman–Crippen MR) is 113 cm³/mol. The number of rotatable bonds is 5. The van der Waals surface area contributed by atoms with Gasteiger partial charge in [-0.15, -0.1) is 0 Å². The molecule has 3 atom stereocenters. The fourth-order valence-electron chi connectivity index (χ4n) is 3.29. The average Bonchev–Trinajstić information content (AvgIpc) is 2.65. The van der Waals surface area contributed by atoms with E-state index in [0.29, 0.717) is 22.9 Å². The van der Waals surface area contributed by atoms with E-state index in [0.717, 1.165) is 0 Å². The van der Waals surface area contributed by atoms with Crippen molar-refractivity contribution in [3.63, 3.8) is 0 Å². The molecule has 7 nitrogen and oxygen atoms in total. The minimum Gasteiger partial charge on any atom is -0.455 e. The van der Waals surface area contributed by atoms with E-state index in [4.69, 9.17) is 4.74 Å². The highest BCUT2D eigenvalue weighted by Crippen LogP contribution is 2.37. The average molecular weight is 483 g/mol. The first-order chi connectivity index (χ1) is 13.6. The molecule has 2 aliphatic heterocycles. The zero-order valence-corrected chi connectivity index (χ0v) is 18.8. The van der Waals surface area contributed by atoms with Crippen LogP contribution in [0.4, 0.5) is 0 Å². The molecule has 2 amide bonds. The van der Waals surface area contributed by atoms with E-state index in [1.54, 1.807) is 51.1 Å². The summed E-state index contributed by atoms with van der Waals surface area (Å²) in [6.45, 7) is 5.23. The fourth-order valence-corrected chi connectivity index (χ4v) is 5.49. The van der Waals surface area contributed by atoms with Gasteiger partial charge in [0.25, 0.3) is 11.8 Å². The standard InChI is InChI=1S/C20H23BrN2O5S/c1-20(2,3)28-19(26)15-13(9-10-21)11-29(27)18-14(17(25)23(15)18)22-16(24)12-7-5-4-6-8-12/h4-8,14,18H,9-11H2,1-3H3,(H,22,24)/t14?,18-,29?/m0/s1. The zero-order chi connectivity index (χ0) is 21.3. The molecule has 0 aromatic heterocycles. The molecule has 1 aromatic carbocycles. The normalized spacial score (nSPS) is 23.9. The molecule has 1 fully saturated rings. The third-order valence-corrected chi connectivity index (χ3v) is 6.57. The maximum Gasteiger partial charge on any atom is 0.355 e. The zero-order valence-electron chi connectivity index (χ0n) is 16.4. The lowest BCUT2D eigenvalue weighted by molar-refractivity contribution is -0.158. The Labute approximate surface area is 180 Å². The number of alkyl halides is 1. The van der Waals surface area contributed by atoms with Crippen molar-refractivity contribution < 1.29 is 23.3 Å². The summed E-state index contributed by atoms with van der Waals surface area (Å²) >= 11 is 3.34. The first-order valence-electron chi connectivity index (χ1n) is 9.21. The summed E-state index contributed by atoms with van der Waals surface area (Å²) in [4.78, 5) is 39.4. The number of ether oxygens (including phenoxy) is 1. The Morgan fingerprint density at radius 1 is 1.28 bits per heavy atom. The minimum atomic E-state index is -1.44. The summed E-state index contributed by atoms with van der Waals surface area (Å²) in [7, 11) is -1.44. The van der Waals surface area contributed by atoms with Crippen LogP contribution in [0.3, 0.4) is 0 Å². The Morgan fingerprint density at radius 2 is 1.93 bits per heavy atom. The number of halogens is 1. The smallest absolute Gasteiger partial charge is 0.355 e. The van der Waals surface area contributed by atoms with Crippen LogP contribution in [0.25, 0.3) is 0 Å². The maximum atomic E-state index is 12.9. The quantitative estimate of drug-likeness (QED) is 0.394. The summed E-state index contributed by atoms with van der Waals surface area (Å²) in [5.74, 6) is -1.34. The van der Waals surface area contributed by atoms with E-state index in [-0.39, 0.29) is 11.4 Å².